The van der Waals surface area contributed by atoms with Gasteiger partial charge in [0.1, 0.15) is 5.65 Å². The van der Waals surface area contributed by atoms with E-state index in [2.05, 4.69) is 57.9 Å². The van der Waals surface area contributed by atoms with Gasteiger partial charge in [-0.1, -0.05) is 18.2 Å². The molecule has 1 aromatic carbocycles. The summed E-state index contributed by atoms with van der Waals surface area (Å²) in [6, 6.07) is 12.3. The molecule has 7 nitrogen and oxygen atoms in total. The maximum atomic E-state index is 13.4. The molecule has 5 rings (SSSR count). The Balaban J connectivity index is 1.52. The summed E-state index contributed by atoms with van der Waals surface area (Å²) in [7, 11) is 4.08. The van der Waals surface area contributed by atoms with E-state index in [0.717, 1.165) is 66.3 Å². The summed E-state index contributed by atoms with van der Waals surface area (Å²) in [6.07, 6.45) is 5.78. The maximum absolute atomic E-state index is 13.4. The first-order valence-electron chi connectivity index (χ1n) is 12.1. The van der Waals surface area contributed by atoms with Crippen molar-refractivity contribution in [3.05, 3.63) is 82.0 Å². The van der Waals surface area contributed by atoms with Gasteiger partial charge in [-0.15, -0.1) is 0 Å². The van der Waals surface area contributed by atoms with Crippen LogP contribution in [0.2, 0.25) is 0 Å². The van der Waals surface area contributed by atoms with Gasteiger partial charge in [0.25, 0.3) is 5.56 Å². The fourth-order valence-corrected chi connectivity index (χ4v) is 4.81. The smallest absolute Gasteiger partial charge is 0.251 e. The van der Waals surface area contributed by atoms with Crippen LogP contribution in [0.4, 0.5) is 5.69 Å². The molecule has 4 aromatic rings. The summed E-state index contributed by atoms with van der Waals surface area (Å²) in [6.45, 7) is 8.14. The van der Waals surface area contributed by atoms with E-state index >= 15 is 0 Å². The third-order valence-electron chi connectivity index (χ3n) is 6.94. The van der Waals surface area contributed by atoms with E-state index in [9.17, 15) is 4.79 Å². The van der Waals surface area contributed by atoms with Crippen LogP contribution in [-0.4, -0.2) is 66.4 Å². The molecule has 1 fully saturated rings. The Hall–Kier alpha value is -3.42. The van der Waals surface area contributed by atoms with Gasteiger partial charge in [-0.2, -0.15) is 0 Å². The molecule has 182 valence electrons. The third-order valence-corrected chi connectivity index (χ3v) is 6.94. The molecule has 1 saturated heterocycles. The van der Waals surface area contributed by atoms with Gasteiger partial charge in [0, 0.05) is 49.0 Å². The van der Waals surface area contributed by atoms with E-state index in [1.807, 2.05) is 43.3 Å². The molecule has 0 amide bonds. The van der Waals surface area contributed by atoms with Gasteiger partial charge in [-0.3, -0.25) is 4.79 Å². The van der Waals surface area contributed by atoms with Crippen molar-refractivity contribution in [2.75, 3.05) is 51.8 Å². The molecule has 0 radical (unpaired) electrons. The lowest BCUT2D eigenvalue weighted by atomic mass is 10.00. The zero-order chi connectivity index (χ0) is 24.5. The monoisotopic (exact) mass is 471 g/mol. The quantitative estimate of drug-likeness (QED) is 0.461. The number of nitrogens with zero attached hydrogens (tertiary/aromatic N) is 4. The third kappa shape index (κ3) is 4.74. The summed E-state index contributed by atoms with van der Waals surface area (Å²) in [5.41, 5.74) is 7.40. The first kappa shape index (κ1) is 23.3. The Bertz CT molecular complexity index is 1400. The van der Waals surface area contributed by atoms with E-state index in [1.54, 1.807) is 6.07 Å². The summed E-state index contributed by atoms with van der Waals surface area (Å²) in [4.78, 5) is 25.7. The molecule has 0 spiro atoms. The fraction of sp³-hybridized carbons (Fsp3) is 0.357. The van der Waals surface area contributed by atoms with Crippen molar-refractivity contribution in [3.8, 4) is 11.1 Å². The molecule has 4 heterocycles. The van der Waals surface area contributed by atoms with Crippen LogP contribution in [0.25, 0.3) is 22.2 Å². The summed E-state index contributed by atoms with van der Waals surface area (Å²) >= 11 is 0. The largest absolute Gasteiger partial charge is 0.378 e. The Morgan fingerprint density at radius 2 is 1.89 bits per heavy atom. The molecule has 1 N–H and O–H groups in total. The Morgan fingerprint density at radius 1 is 1.09 bits per heavy atom. The van der Waals surface area contributed by atoms with Crippen molar-refractivity contribution in [2.24, 2.45) is 0 Å². The average Bonchev–Trinajstić information content (AvgIpc) is 3.28. The van der Waals surface area contributed by atoms with E-state index in [4.69, 9.17) is 4.74 Å². The highest BCUT2D eigenvalue weighted by Crippen LogP contribution is 2.30. The van der Waals surface area contributed by atoms with Gasteiger partial charge in [-0.05, 0) is 62.3 Å². The number of morpholine rings is 1. The van der Waals surface area contributed by atoms with Crippen LogP contribution >= 0.6 is 0 Å². The molecular weight excluding hydrogens is 438 g/mol. The number of benzene rings is 1. The summed E-state index contributed by atoms with van der Waals surface area (Å²) in [5.74, 6) is 0. The number of ether oxygens (including phenoxy) is 1. The number of anilines is 1. The maximum Gasteiger partial charge on any atom is 0.251 e. The van der Waals surface area contributed by atoms with Crippen LogP contribution in [0.1, 0.15) is 22.7 Å². The topological polar surface area (TPSA) is 66.4 Å². The number of aromatic amines is 1. The number of H-pyrrole nitrogens is 1. The number of hydrogen-bond acceptors (Lipinski definition) is 5. The average molecular weight is 472 g/mol. The SMILES string of the molecule is Cc1ccc([C@@H](CN(C)C)n2ccc(-c3c[nH]c4ncc(N5CCOCC5)cc34)cc2=O)cc1C. The Labute approximate surface area is 206 Å². The van der Waals surface area contributed by atoms with Gasteiger partial charge in [0.2, 0.25) is 0 Å². The molecular formula is C28H33N5O2. The second kappa shape index (κ2) is 9.68. The van der Waals surface area contributed by atoms with Gasteiger partial charge in [0.05, 0.1) is 31.1 Å². The van der Waals surface area contributed by atoms with Gasteiger partial charge >= 0.3 is 0 Å². The standard InChI is InChI=1S/C28H33N5O2/c1-19-5-6-22(13-20(19)2)26(18-31(3)4)33-8-7-21(14-27(33)34)25-17-30-28-24(25)15-23(16-29-28)32-9-11-35-12-10-32/h5-8,13-17,26H,9-12,18H2,1-4H3,(H,29,30)/t26-/m1/s1. The molecule has 0 unspecified atom stereocenters. The number of likely N-dealkylation sites (N-methyl/N-ethyl adjacent to an activating group) is 1. The molecule has 1 atom stereocenters. The first-order chi connectivity index (χ1) is 16.9. The fourth-order valence-electron chi connectivity index (χ4n) is 4.81. The number of hydrogen-bond donors (Lipinski definition) is 1. The first-order valence-corrected chi connectivity index (χ1v) is 12.1. The highest BCUT2D eigenvalue weighted by molar-refractivity contribution is 5.95. The minimum Gasteiger partial charge on any atom is -0.378 e. The second-order valence-electron chi connectivity index (χ2n) is 9.67. The second-order valence-corrected chi connectivity index (χ2v) is 9.67. The van der Waals surface area contributed by atoms with Crippen LogP contribution in [0.3, 0.4) is 0 Å². The molecule has 0 bridgehead atoms. The van der Waals surface area contributed by atoms with Crippen molar-refractivity contribution in [3.63, 3.8) is 0 Å². The lowest BCUT2D eigenvalue weighted by Crippen LogP contribution is -2.36. The van der Waals surface area contributed by atoms with Crippen molar-refractivity contribution in [1.82, 2.24) is 19.4 Å². The summed E-state index contributed by atoms with van der Waals surface area (Å²) < 4.78 is 7.34. The van der Waals surface area contributed by atoms with Crippen molar-refractivity contribution < 1.29 is 4.74 Å². The molecule has 3 aromatic heterocycles. The number of rotatable bonds is 6. The van der Waals surface area contributed by atoms with Crippen LogP contribution in [0.15, 0.2) is 59.8 Å². The Kier molecular flexibility index (Phi) is 6.45. The van der Waals surface area contributed by atoms with Crippen LogP contribution in [-0.2, 0) is 4.74 Å². The lowest BCUT2D eigenvalue weighted by molar-refractivity contribution is 0.122. The van der Waals surface area contributed by atoms with Gasteiger partial charge in [-0.25, -0.2) is 4.98 Å². The van der Waals surface area contributed by atoms with E-state index in [0.29, 0.717) is 0 Å². The number of aromatic nitrogens is 3. The van der Waals surface area contributed by atoms with Gasteiger partial charge < -0.3 is 24.1 Å². The van der Waals surface area contributed by atoms with E-state index < -0.39 is 0 Å². The highest BCUT2D eigenvalue weighted by atomic mass is 16.5. The molecule has 1 aliphatic rings. The lowest BCUT2D eigenvalue weighted by Gasteiger charge is -2.28. The molecule has 0 aliphatic carbocycles. The zero-order valence-corrected chi connectivity index (χ0v) is 20.9. The van der Waals surface area contributed by atoms with Crippen molar-refractivity contribution in [1.29, 1.82) is 0 Å². The highest BCUT2D eigenvalue weighted by Gasteiger charge is 2.19. The number of nitrogens with one attached hydrogen (secondary N) is 1. The number of fused-ring (bicyclic) bond motifs is 1. The van der Waals surface area contributed by atoms with E-state index in [-0.39, 0.29) is 11.6 Å². The van der Waals surface area contributed by atoms with E-state index in [1.165, 1.54) is 11.1 Å². The molecule has 1 aliphatic heterocycles. The molecule has 7 heteroatoms. The predicted octanol–water partition coefficient (Wildman–Crippen LogP) is 4.00. The molecule has 0 saturated carbocycles. The normalized spacial score (nSPS) is 15.2. The van der Waals surface area contributed by atoms with Crippen LogP contribution in [0, 0.1) is 13.8 Å². The van der Waals surface area contributed by atoms with Crippen molar-refractivity contribution in [2.45, 2.75) is 19.9 Å². The Morgan fingerprint density at radius 3 is 2.60 bits per heavy atom. The minimum absolute atomic E-state index is 0.0146. The molecule has 35 heavy (non-hydrogen) atoms. The zero-order valence-electron chi connectivity index (χ0n) is 20.9. The van der Waals surface area contributed by atoms with Crippen molar-refractivity contribution >= 4 is 16.7 Å². The van der Waals surface area contributed by atoms with Crippen LogP contribution < -0.4 is 10.5 Å². The predicted molar refractivity (Wildman–Crippen MR) is 141 cm³/mol. The van der Waals surface area contributed by atoms with Crippen LogP contribution in [0.5, 0.6) is 0 Å². The summed E-state index contributed by atoms with van der Waals surface area (Å²) in [5, 5.41) is 1.02. The van der Waals surface area contributed by atoms with Gasteiger partial charge in [0.15, 0.2) is 0 Å². The minimum atomic E-state index is -0.0663. The number of pyridine rings is 2. The number of aryl methyl sites for hydroxylation is 2.